The minimum atomic E-state index is -0.111. The van der Waals surface area contributed by atoms with Gasteiger partial charge in [-0.25, -0.2) is 0 Å². The molecule has 0 radical (unpaired) electrons. The van der Waals surface area contributed by atoms with Gasteiger partial charge in [-0.15, -0.1) is 22.7 Å². The number of Topliss-reactive ketones (excluding diaryl/α,β-unsaturated/α-hetero) is 1. The first-order chi connectivity index (χ1) is 11.5. The minimum Gasteiger partial charge on any atom is -0.293 e. The zero-order valence-electron chi connectivity index (χ0n) is 13.8. The van der Waals surface area contributed by atoms with Gasteiger partial charge in [0.15, 0.2) is 5.78 Å². The van der Waals surface area contributed by atoms with E-state index < -0.39 is 0 Å². The van der Waals surface area contributed by atoms with Gasteiger partial charge in [0.05, 0.1) is 4.83 Å². The zero-order valence-corrected chi connectivity index (χ0v) is 17.0. The number of benzene rings is 1. The van der Waals surface area contributed by atoms with Crippen molar-refractivity contribution in [2.45, 2.75) is 32.0 Å². The molecular formula is C20H17BrOS2. The maximum Gasteiger partial charge on any atom is 0.177 e. The van der Waals surface area contributed by atoms with Crippen LogP contribution in [0.5, 0.6) is 0 Å². The maximum atomic E-state index is 13.0. The van der Waals surface area contributed by atoms with Gasteiger partial charge in [-0.1, -0.05) is 34.1 Å². The molecule has 0 bridgehead atoms. The van der Waals surface area contributed by atoms with Gasteiger partial charge in [-0.2, -0.15) is 0 Å². The van der Waals surface area contributed by atoms with Crippen LogP contribution in [0.4, 0.5) is 0 Å². The number of carbonyl (C=O) groups excluding carboxylic acids is 1. The Labute approximate surface area is 158 Å². The smallest absolute Gasteiger partial charge is 0.177 e. The summed E-state index contributed by atoms with van der Waals surface area (Å²) in [5.41, 5.74) is 4.52. The average Bonchev–Trinajstić information content (AvgIpc) is 3.13. The minimum absolute atomic E-state index is 0.111. The van der Waals surface area contributed by atoms with Crippen LogP contribution in [0.3, 0.4) is 0 Å². The molecule has 0 saturated carbocycles. The summed E-state index contributed by atoms with van der Waals surface area (Å²) >= 11 is 7.19. The van der Waals surface area contributed by atoms with E-state index in [1.807, 2.05) is 11.3 Å². The highest BCUT2D eigenvalue weighted by molar-refractivity contribution is 9.10. The number of carbonyl (C=O) groups is 1. The number of alkyl halides is 1. The van der Waals surface area contributed by atoms with Crippen molar-refractivity contribution < 1.29 is 4.79 Å². The highest BCUT2D eigenvalue weighted by atomic mass is 79.9. The standard InChI is InChI=1S/C20H17BrOS2/c1-10-8-14(11(2)23-10)15-9-16(21)20(22)19(15)18-12(3)24-17-7-5-4-6-13(17)18/h4-8,16H,9H2,1-3H3. The van der Waals surface area contributed by atoms with Gasteiger partial charge in [-0.05, 0) is 50.5 Å². The number of thiophene rings is 2. The van der Waals surface area contributed by atoms with Gasteiger partial charge in [0.1, 0.15) is 0 Å². The molecule has 24 heavy (non-hydrogen) atoms. The summed E-state index contributed by atoms with van der Waals surface area (Å²) < 4.78 is 1.25. The van der Waals surface area contributed by atoms with Crippen molar-refractivity contribution in [3.05, 3.63) is 56.1 Å². The first kappa shape index (κ1) is 16.2. The molecule has 1 aromatic carbocycles. The lowest BCUT2D eigenvalue weighted by Crippen LogP contribution is -2.08. The molecule has 0 spiro atoms. The quantitative estimate of drug-likeness (QED) is 0.433. The maximum absolute atomic E-state index is 13.0. The van der Waals surface area contributed by atoms with Crippen LogP contribution in [-0.4, -0.2) is 10.6 Å². The van der Waals surface area contributed by atoms with Gasteiger partial charge in [0, 0.05) is 35.9 Å². The topological polar surface area (TPSA) is 17.1 Å². The fourth-order valence-corrected chi connectivity index (χ4v) is 6.18. The molecule has 4 heteroatoms. The number of fused-ring (bicyclic) bond motifs is 1. The molecular weight excluding hydrogens is 400 g/mol. The fourth-order valence-electron chi connectivity index (χ4n) is 3.61. The molecule has 122 valence electrons. The van der Waals surface area contributed by atoms with E-state index in [1.165, 1.54) is 35.9 Å². The van der Waals surface area contributed by atoms with Crippen molar-refractivity contribution in [1.82, 2.24) is 0 Å². The normalized spacial score (nSPS) is 18.2. The molecule has 1 aliphatic carbocycles. The van der Waals surface area contributed by atoms with Gasteiger partial charge < -0.3 is 0 Å². The Morgan fingerprint density at radius 2 is 1.83 bits per heavy atom. The van der Waals surface area contributed by atoms with Crippen molar-refractivity contribution in [2.24, 2.45) is 0 Å². The third kappa shape index (κ3) is 2.43. The van der Waals surface area contributed by atoms with Gasteiger partial charge >= 0.3 is 0 Å². The lowest BCUT2D eigenvalue weighted by molar-refractivity contribution is -0.112. The molecule has 1 atom stereocenters. The molecule has 1 aliphatic rings. The largest absolute Gasteiger partial charge is 0.293 e. The second-order valence-electron chi connectivity index (χ2n) is 6.25. The molecule has 0 amide bonds. The summed E-state index contributed by atoms with van der Waals surface area (Å²) in [6.07, 6.45) is 0.773. The van der Waals surface area contributed by atoms with Crippen molar-refractivity contribution >= 4 is 65.6 Å². The molecule has 1 nitrogen and oxygen atoms in total. The monoisotopic (exact) mass is 416 g/mol. The van der Waals surface area contributed by atoms with Crippen molar-refractivity contribution in [3.63, 3.8) is 0 Å². The zero-order chi connectivity index (χ0) is 17.0. The Kier molecular flexibility index (Phi) is 4.02. The Hall–Kier alpha value is -1.23. The predicted molar refractivity (Wildman–Crippen MR) is 110 cm³/mol. The van der Waals surface area contributed by atoms with E-state index in [-0.39, 0.29) is 10.6 Å². The summed E-state index contributed by atoms with van der Waals surface area (Å²) in [6, 6.07) is 10.6. The SMILES string of the molecule is Cc1cc(C2=C(c3c(C)sc4ccccc34)C(=O)C(Br)C2)c(C)s1. The van der Waals surface area contributed by atoms with Crippen LogP contribution in [0.1, 0.15) is 32.2 Å². The van der Waals surface area contributed by atoms with E-state index in [1.54, 1.807) is 11.3 Å². The molecule has 2 heterocycles. The number of halogens is 1. The number of aryl methyl sites for hydroxylation is 3. The number of allylic oxidation sites excluding steroid dienone is 2. The Morgan fingerprint density at radius 3 is 2.54 bits per heavy atom. The van der Waals surface area contributed by atoms with Gasteiger partial charge in [0.25, 0.3) is 0 Å². The fraction of sp³-hybridized carbons (Fsp3) is 0.250. The predicted octanol–water partition coefficient (Wildman–Crippen LogP) is 6.54. The van der Waals surface area contributed by atoms with Crippen LogP contribution in [-0.2, 0) is 4.79 Å². The third-order valence-electron chi connectivity index (χ3n) is 4.60. The van der Waals surface area contributed by atoms with Crippen molar-refractivity contribution in [3.8, 4) is 0 Å². The Balaban J connectivity index is 2.04. The van der Waals surface area contributed by atoms with Crippen molar-refractivity contribution in [1.29, 1.82) is 0 Å². The third-order valence-corrected chi connectivity index (χ3v) is 7.40. The van der Waals surface area contributed by atoms with Crippen LogP contribution in [0.2, 0.25) is 0 Å². The van der Waals surface area contributed by atoms with E-state index in [0.717, 1.165) is 17.6 Å². The first-order valence-corrected chi connectivity index (χ1v) is 10.5. The summed E-state index contributed by atoms with van der Waals surface area (Å²) in [5, 5.41) is 1.20. The summed E-state index contributed by atoms with van der Waals surface area (Å²) in [7, 11) is 0. The Morgan fingerprint density at radius 1 is 1.08 bits per heavy atom. The average molecular weight is 417 g/mol. The summed E-state index contributed by atoms with van der Waals surface area (Å²) in [5.74, 6) is 0.222. The van der Waals surface area contributed by atoms with Crippen molar-refractivity contribution in [2.75, 3.05) is 0 Å². The van der Waals surface area contributed by atoms with Crippen LogP contribution in [0.15, 0.2) is 30.3 Å². The second-order valence-corrected chi connectivity index (χ2v) is 10.1. The molecule has 0 N–H and O–H groups in total. The first-order valence-electron chi connectivity index (χ1n) is 7.94. The molecule has 0 saturated heterocycles. The van der Waals surface area contributed by atoms with Gasteiger partial charge in [-0.3, -0.25) is 4.79 Å². The molecule has 3 aromatic rings. The van der Waals surface area contributed by atoms with Crippen LogP contribution >= 0.6 is 38.6 Å². The molecule has 1 unspecified atom stereocenters. The summed E-state index contributed by atoms with van der Waals surface area (Å²) in [6.45, 7) is 6.42. The second kappa shape index (κ2) is 5.94. The van der Waals surface area contributed by atoms with E-state index in [9.17, 15) is 4.79 Å². The molecule has 2 aromatic heterocycles. The van der Waals surface area contributed by atoms with Crippen LogP contribution < -0.4 is 0 Å². The number of ketones is 1. The number of rotatable bonds is 2. The Bertz CT molecular complexity index is 1010. The van der Waals surface area contributed by atoms with E-state index >= 15 is 0 Å². The summed E-state index contributed by atoms with van der Waals surface area (Å²) in [4.78, 5) is 16.7. The van der Waals surface area contributed by atoms with Gasteiger partial charge in [0.2, 0.25) is 0 Å². The lowest BCUT2D eigenvalue weighted by Gasteiger charge is -2.07. The van der Waals surface area contributed by atoms with E-state index in [2.05, 4.69) is 67.0 Å². The van der Waals surface area contributed by atoms with Crippen LogP contribution in [0, 0.1) is 20.8 Å². The highest BCUT2D eigenvalue weighted by Crippen LogP contribution is 2.47. The lowest BCUT2D eigenvalue weighted by atomic mass is 9.95. The van der Waals surface area contributed by atoms with Crippen LogP contribution in [0.25, 0.3) is 21.2 Å². The number of hydrogen-bond acceptors (Lipinski definition) is 3. The molecule has 0 aliphatic heterocycles. The number of hydrogen-bond donors (Lipinski definition) is 0. The molecule has 0 fully saturated rings. The van der Waals surface area contributed by atoms with E-state index in [0.29, 0.717) is 0 Å². The highest BCUT2D eigenvalue weighted by Gasteiger charge is 2.35. The van der Waals surface area contributed by atoms with E-state index in [4.69, 9.17) is 0 Å². The molecule has 4 rings (SSSR count).